The standard InChI is InChI=1S/C19H30O2/c1-4-6-15-9-11-16(12-10-15)19(20)17-7-5-8-18(13-17)21-14(2)3/h5,7-8,13-16,19-20H,4,6,9-12H2,1-3H3. The molecule has 1 fully saturated rings. The second-order valence-corrected chi connectivity index (χ2v) is 6.75. The van der Waals surface area contributed by atoms with Crippen LogP contribution in [0.25, 0.3) is 0 Å². The van der Waals surface area contributed by atoms with Gasteiger partial charge in [0, 0.05) is 0 Å². The van der Waals surface area contributed by atoms with Gasteiger partial charge in [0.25, 0.3) is 0 Å². The fraction of sp³-hybridized carbons (Fsp3) is 0.684. The van der Waals surface area contributed by atoms with Gasteiger partial charge in [0.1, 0.15) is 5.75 Å². The molecule has 1 aromatic rings. The SMILES string of the molecule is CCCC1CCC(C(O)c2cccc(OC(C)C)c2)CC1. The summed E-state index contributed by atoms with van der Waals surface area (Å²) < 4.78 is 5.73. The summed E-state index contributed by atoms with van der Waals surface area (Å²) in [5.41, 5.74) is 1.01. The molecule has 0 bridgehead atoms. The van der Waals surface area contributed by atoms with E-state index >= 15 is 0 Å². The van der Waals surface area contributed by atoms with Crippen molar-refractivity contribution in [1.29, 1.82) is 0 Å². The van der Waals surface area contributed by atoms with Gasteiger partial charge in [-0.15, -0.1) is 0 Å². The van der Waals surface area contributed by atoms with E-state index in [-0.39, 0.29) is 12.2 Å². The Morgan fingerprint density at radius 1 is 1.19 bits per heavy atom. The first-order chi connectivity index (χ1) is 10.1. The monoisotopic (exact) mass is 290 g/mol. The van der Waals surface area contributed by atoms with Crippen LogP contribution in [0.1, 0.15) is 71.0 Å². The number of hydrogen-bond donors (Lipinski definition) is 1. The van der Waals surface area contributed by atoms with E-state index in [4.69, 9.17) is 4.74 Å². The minimum atomic E-state index is -0.344. The first kappa shape index (κ1) is 16.4. The molecule has 2 rings (SSSR count). The molecular weight excluding hydrogens is 260 g/mol. The summed E-state index contributed by atoms with van der Waals surface area (Å²) in [7, 11) is 0. The van der Waals surface area contributed by atoms with Crippen molar-refractivity contribution >= 4 is 0 Å². The van der Waals surface area contributed by atoms with Crippen LogP contribution in [0.2, 0.25) is 0 Å². The van der Waals surface area contributed by atoms with E-state index in [1.807, 2.05) is 38.1 Å². The summed E-state index contributed by atoms with van der Waals surface area (Å²) in [4.78, 5) is 0. The Balaban J connectivity index is 1.95. The molecule has 0 radical (unpaired) electrons. The molecule has 2 nitrogen and oxygen atoms in total. The van der Waals surface area contributed by atoms with E-state index in [1.165, 1.54) is 25.7 Å². The molecule has 118 valence electrons. The van der Waals surface area contributed by atoms with Crippen LogP contribution < -0.4 is 4.74 Å². The Bertz CT molecular complexity index is 419. The third-order valence-corrected chi connectivity index (χ3v) is 4.61. The van der Waals surface area contributed by atoms with E-state index < -0.39 is 0 Å². The molecule has 1 N–H and O–H groups in total. The lowest BCUT2D eigenvalue weighted by atomic mass is 9.76. The van der Waals surface area contributed by atoms with Crippen molar-refractivity contribution < 1.29 is 9.84 Å². The van der Waals surface area contributed by atoms with Crippen LogP contribution in [0.4, 0.5) is 0 Å². The normalized spacial score (nSPS) is 24.0. The molecule has 0 saturated heterocycles. The van der Waals surface area contributed by atoms with Gasteiger partial charge >= 0.3 is 0 Å². The van der Waals surface area contributed by atoms with E-state index in [0.717, 1.165) is 30.1 Å². The van der Waals surface area contributed by atoms with Crippen LogP contribution in [0.5, 0.6) is 5.75 Å². The highest BCUT2D eigenvalue weighted by molar-refractivity contribution is 5.30. The van der Waals surface area contributed by atoms with Gasteiger partial charge in [0.2, 0.25) is 0 Å². The zero-order valence-electron chi connectivity index (χ0n) is 13.7. The number of hydrogen-bond acceptors (Lipinski definition) is 2. The van der Waals surface area contributed by atoms with Gasteiger partial charge in [-0.2, -0.15) is 0 Å². The fourth-order valence-electron chi connectivity index (χ4n) is 3.52. The van der Waals surface area contributed by atoms with Gasteiger partial charge in [0.05, 0.1) is 12.2 Å². The molecule has 1 aliphatic rings. The topological polar surface area (TPSA) is 29.5 Å². The maximum Gasteiger partial charge on any atom is 0.120 e. The smallest absolute Gasteiger partial charge is 0.120 e. The molecule has 2 heteroatoms. The number of benzene rings is 1. The molecule has 1 aromatic carbocycles. The highest BCUT2D eigenvalue weighted by Crippen LogP contribution is 2.38. The van der Waals surface area contributed by atoms with Crippen molar-refractivity contribution in [2.75, 3.05) is 0 Å². The van der Waals surface area contributed by atoms with Crippen molar-refractivity contribution in [3.05, 3.63) is 29.8 Å². The molecule has 0 aliphatic heterocycles. The number of rotatable bonds is 6. The Morgan fingerprint density at radius 2 is 1.90 bits per heavy atom. The van der Waals surface area contributed by atoms with Crippen molar-refractivity contribution in [3.63, 3.8) is 0 Å². The van der Waals surface area contributed by atoms with Gasteiger partial charge < -0.3 is 9.84 Å². The minimum Gasteiger partial charge on any atom is -0.491 e. The lowest BCUT2D eigenvalue weighted by molar-refractivity contribution is 0.0719. The van der Waals surface area contributed by atoms with E-state index in [0.29, 0.717) is 5.92 Å². The Morgan fingerprint density at radius 3 is 2.52 bits per heavy atom. The third kappa shape index (κ3) is 4.74. The minimum absolute atomic E-state index is 0.168. The Kier molecular flexibility index (Phi) is 6.10. The van der Waals surface area contributed by atoms with Crippen molar-refractivity contribution in [2.24, 2.45) is 11.8 Å². The van der Waals surface area contributed by atoms with Gasteiger partial charge in [0.15, 0.2) is 0 Å². The summed E-state index contributed by atoms with van der Waals surface area (Å²) in [5, 5.41) is 10.7. The lowest BCUT2D eigenvalue weighted by Gasteiger charge is -2.31. The zero-order valence-corrected chi connectivity index (χ0v) is 13.7. The highest BCUT2D eigenvalue weighted by Gasteiger charge is 2.27. The summed E-state index contributed by atoms with van der Waals surface area (Å²) in [6.07, 6.45) is 7.32. The van der Waals surface area contributed by atoms with Crippen molar-refractivity contribution in [1.82, 2.24) is 0 Å². The molecule has 0 aromatic heterocycles. The summed E-state index contributed by atoms with van der Waals surface area (Å²) in [6.45, 7) is 6.32. The summed E-state index contributed by atoms with van der Waals surface area (Å²) in [6, 6.07) is 7.98. The van der Waals surface area contributed by atoms with Gasteiger partial charge in [-0.3, -0.25) is 0 Å². The molecule has 0 spiro atoms. The van der Waals surface area contributed by atoms with Crippen LogP contribution in [0, 0.1) is 11.8 Å². The highest BCUT2D eigenvalue weighted by atomic mass is 16.5. The molecule has 0 heterocycles. The van der Waals surface area contributed by atoms with Crippen LogP contribution in [-0.2, 0) is 0 Å². The van der Waals surface area contributed by atoms with Crippen molar-refractivity contribution in [3.8, 4) is 5.75 Å². The third-order valence-electron chi connectivity index (χ3n) is 4.61. The average Bonchev–Trinajstić information content (AvgIpc) is 2.47. The number of ether oxygens (including phenoxy) is 1. The number of aliphatic hydroxyl groups is 1. The summed E-state index contributed by atoms with van der Waals surface area (Å²) >= 11 is 0. The van der Waals surface area contributed by atoms with Crippen molar-refractivity contribution in [2.45, 2.75) is 71.5 Å². The van der Waals surface area contributed by atoms with Crippen LogP contribution in [-0.4, -0.2) is 11.2 Å². The van der Waals surface area contributed by atoms with Crippen LogP contribution in [0.3, 0.4) is 0 Å². The van der Waals surface area contributed by atoms with Gasteiger partial charge in [-0.1, -0.05) is 44.7 Å². The molecule has 1 atom stereocenters. The molecule has 1 unspecified atom stereocenters. The summed E-state index contributed by atoms with van der Waals surface area (Å²) in [5.74, 6) is 2.16. The van der Waals surface area contributed by atoms with E-state index in [9.17, 15) is 5.11 Å². The van der Waals surface area contributed by atoms with Gasteiger partial charge in [-0.25, -0.2) is 0 Å². The first-order valence-electron chi connectivity index (χ1n) is 8.54. The fourth-order valence-corrected chi connectivity index (χ4v) is 3.52. The maximum atomic E-state index is 10.7. The predicted molar refractivity (Wildman–Crippen MR) is 87.5 cm³/mol. The average molecular weight is 290 g/mol. The molecule has 1 saturated carbocycles. The quantitative estimate of drug-likeness (QED) is 0.788. The maximum absolute atomic E-state index is 10.7. The molecular formula is C19H30O2. The van der Waals surface area contributed by atoms with E-state index in [2.05, 4.69) is 6.92 Å². The zero-order chi connectivity index (χ0) is 15.2. The predicted octanol–water partition coefficient (Wildman–Crippen LogP) is 5.11. The van der Waals surface area contributed by atoms with Gasteiger partial charge in [-0.05, 0) is 56.2 Å². The van der Waals surface area contributed by atoms with E-state index in [1.54, 1.807) is 0 Å². The Labute approximate surface area is 129 Å². The molecule has 1 aliphatic carbocycles. The second-order valence-electron chi connectivity index (χ2n) is 6.75. The first-order valence-corrected chi connectivity index (χ1v) is 8.54. The Hall–Kier alpha value is -1.02. The second kappa shape index (κ2) is 7.84. The molecule has 21 heavy (non-hydrogen) atoms. The lowest BCUT2D eigenvalue weighted by Crippen LogP contribution is -2.20. The largest absolute Gasteiger partial charge is 0.491 e. The van der Waals surface area contributed by atoms with Crippen LogP contribution >= 0.6 is 0 Å². The van der Waals surface area contributed by atoms with Crippen LogP contribution in [0.15, 0.2) is 24.3 Å². The number of aliphatic hydroxyl groups excluding tert-OH is 1. The molecule has 0 amide bonds.